The van der Waals surface area contributed by atoms with Crippen molar-refractivity contribution >= 4 is 6.03 Å². The quantitative estimate of drug-likeness (QED) is 0.852. The van der Waals surface area contributed by atoms with E-state index in [1.807, 2.05) is 11.1 Å². The van der Waals surface area contributed by atoms with E-state index in [1.165, 1.54) is 30.8 Å². The highest BCUT2D eigenvalue weighted by molar-refractivity contribution is 5.74. The molecule has 0 spiro atoms. The zero-order valence-corrected chi connectivity index (χ0v) is 17.4. The predicted molar refractivity (Wildman–Crippen MR) is 109 cm³/mol. The van der Waals surface area contributed by atoms with Crippen LogP contribution >= 0.6 is 0 Å². The zero-order valence-electron chi connectivity index (χ0n) is 17.4. The molecule has 2 saturated heterocycles. The van der Waals surface area contributed by atoms with Crippen LogP contribution < -0.4 is 5.32 Å². The number of nitrogens with one attached hydrogen (secondary N) is 1. The molecule has 2 amide bonds. The summed E-state index contributed by atoms with van der Waals surface area (Å²) in [4.78, 5) is 19.4. The normalized spacial score (nSPS) is 23.1. The van der Waals surface area contributed by atoms with Gasteiger partial charge in [-0.05, 0) is 51.4 Å². The lowest BCUT2D eigenvalue weighted by atomic mass is 9.94. The molecule has 0 unspecified atom stereocenters. The fraction of sp³-hybridized carbons (Fsp3) is 0.818. The van der Waals surface area contributed by atoms with Crippen LogP contribution in [0.1, 0.15) is 75.2 Å². The van der Waals surface area contributed by atoms with Crippen molar-refractivity contribution in [1.29, 1.82) is 0 Å². The number of hydrogen-bond acceptors (Lipinski definition) is 3. The van der Waals surface area contributed by atoms with E-state index in [0.717, 1.165) is 71.4 Å². The van der Waals surface area contributed by atoms with Crippen molar-refractivity contribution in [1.82, 2.24) is 19.8 Å². The Morgan fingerprint density at radius 1 is 1.11 bits per heavy atom. The Balaban J connectivity index is 1.28. The van der Waals surface area contributed by atoms with Crippen molar-refractivity contribution in [2.75, 3.05) is 26.3 Å². The van der Waals surface area contributed by atoms with Gasteiger partial charge in [0.25, 0.3) is 0 Å². The third kappa shape index (κ3) is 4.70. The molecule has 4 rings (SSSR count). The molecule has 0 atom stereocenters. The summed E-state index contributed by atoms with van der Waals surface area (Å²) in [5, 5.41) is 3.27. The smallest absolute Gasteiger partial charge is 0.317 e. The van der Waals surface area contributed by atoms with Crippen LogP contribution in [0.15, 0.2) is 6.20 Å². The molecule has 6 heteroatoms. The molecule has 6 nitrogen and oxygen atoms in total. The molecule has 156 valence electrons. The molecule has 1 aromatic rings. The average molecular weight is 389 g/mol. The SMILES string of the molecule is Cc1cnc(C2CCOCC2)n1CC1CCN(C(=O)NC2CCCCC2)CC1. The lowest BCUT2D eigenvalue weighted by molar-refractivity contribution is 0.0823. The van der Waals surface area contributed by atoms with Gasteiger partial charge in [0.05, 0.1) is 0 Å². The second kappa shape index (κ2) is 9.29. The first-order chi connectivity index (χ1) is 13.7. The molecule has 3 aliphatic rings. The van der Waals surface area contributed by atoms with Crippen molar-refractivity contribution in [3.63, 3.8) is 0 Å². The number of aromatic nitrogens is 2. The fourth-order valence-electron chi connectivity index (χ4n) is 5.09. The molecule has 0 bridgehead atoms. The molecular formula is C22H36N4O2. The first kappa shape index (κ1) is 19.7. The van der Waals surface area contributed by atoms with Crippen molar-refractivity contribution < 1.29 is 9.53 Å². The minimum Gasteiger partial charge on any atom is -0.381 e. The van der Waals surface area contributed by atoms with E-state index in [-0.39, 0.29) is 6.03 Å². The Labute approximate surface area is 169 Å². The van der Waals surface area contributed by atoms with Crippen LogP contribution in [0.5, 0.6) is 0 Å². The molecular weight excluding hydrogens is 352 g/mol. The maximum atomic E-state index is 12.6. The number of amides is 2. The van der Waals surface area contributed by atoms with Crippen LogP contribution in [-0.4, -0.2) is 52.8 Å². The zero-order chi connectivity index (χ0) is 19.3. The average Bonchev–Trinajstić information content (AvgIpc) is 3.10. The number of hydrogen-bond donors (Lipinski definition) is 1. The number of likely N-dealkylation sites (tertiary alicyclic amines) is 1. The van der Waals surface area contributed by atoms with Gasteiger partial charge >= 0.3 is 6.03 Å². The van der Waals surface area contributed by atoms with Gasteiger partial charge in [-0.3, -0.25) is 0 Å². The summed E-state index contributed by atoms with van der Waals surface area (Å²) in [6, 6.07) is 0.557. The number of aryl methyl sites for hydroxylation is 1. The summed E-state index contributed by atoms with van der Waals surface area (Å²) >= 11 is 0. The van der Waals surface area contributed by atoms with Crippen LogP contribution in [-0.2, 0) is 11.3 Å². The number of ether oxygens (including phenoxy) is 1. The van der Waals surface area contributed by atoms with Crippen molar-refractivity contribution in [3.05, 3.63) is 17.7 Å². The van der Waals surface area contributed by atoms with Gasteiger partial charge in [-0.25, -0.2) is 9.78 Å². The second-order valence-corrected chi connectivity index (χ2v) is 8.97. The van der Waals surface area contributed by atoms with Gasteiger partial charge in [0.1, 0.15) is 5.82 Å². The van der Waals surface area contributed by atoms with E-state index in [1.54, 1.807) is 0 Å². The van der Waals surface area contributed by atoms with Crippen molar-refractivity contribution in [2.45, 2.75) is 83.2 Å². The largest absolute Gasteiger partial charge is 0.381 e. The monoisotopic (exact) mass is 388 g/mol. The summed E-state index contributed by atoms with van der Waals surface area (Å²) in [6.07, 6.45) is 12.5. The summed E-state index contributed by atoms with van der Waals surface area (Å²) < 4.78 is 7.97. The maximum absolute atomic E-state index is 12.6. The Morgan fingerprint density at radius 2 is 1.82 bits per heavy atom. The molecule has 3 fully saturated rings. The molecule has 1 N–H and O–H groups in total. The highest BCUT2D eigenvalue weighted by atomic mass is 16.5. The van der Waals surface area contributed by atoms with E-state index in [9.17, 15) is 4.79 Å². The van der Waals surface area contributed by atoms with Gasteiger partial charge in [-0.15, -0.1) is 0 Å². The van der Waals surface area contributed by atoms with Crippen LogP contribution in [0.4, 0.5) is 4.79 Å². The molecule has 28 heavy (non-hydrogen) atoms. The molecule has 1 saturated carbocycles. The number of rotatable bonds is 4. The topological polar surface area (TPSA) is 59.4 Å². The number of nitrogens with zero attached hydrogens (tertiary/aromatic N) is 3. The Hall–Kier alpha value is -1.56. The predicted octanol–water partition coefficient (Wildman–Crippen LogP) is 3.84. The minimum atomic E-state index is 0.159. The highest BCUT2D eigenvalue weighted by Gasteiger charge is 2.27. The van der Waals surface area contributed by atoms with Crippen molar-refractivity contribution in [3.8, 4) is 0 Å². The third-order valence-corrected chi connectivity index (χ3v) is 6.95. The van der Waals surface area contributed by atoms with Crippen molar-refractivity contribution in [2.24, 2.45) is 5.92 Å². The lowest BCUT2D eigenvalue weighted by Gasteiger charge is -2.34. The number of carbonyl (C=O) groups is 1. The molecule has 2 aliphatic heterocycles. The number of piperidine rings is 1. The number of carbonyl (C=O) groups excluding carboxylic acids is 1. The number of imidazole rings is 1. The molecule has 0 radical (unpaired) electrons. The minimum absolute atomic E-state index is 0.159. The van der Waals surface area contributed by atoms with E-state index < -0.39 is 0 Å². The number of urea groups is 1. The van der Waals surface area contributed by atoms with Crippen LogP contribution in [0.3, 0.4) is 0 Å². The fourth-order valence-corrected chi connectivity index (χ4v) is 5.09. The molecule has 1 aromatic heterocycles. The van der Waals surface area contributed by atoms with E-state index in [4.69, 9.17) is 9.72 Å². The standard InChI is InChI=1S/C22H36N4O2/c1-17-15-23-21(19-9-13-28-14-10-19)26(17)16-18-7-11-25(12-8-18)22(27)24-20-5-3-2-4-6-20/h15,18-20H,2-14,16H2,1H3,(H,24,27). The molecule has 0 aromatic carbocycles. The van der Waals surface area contributed by atoms with Gasteiger partial charge in [0.2, 0.25) is 0 Å². The lowest BCUT2D eigenvalue weighted by Crippen LogP contribution is -2.48. The van der Waals surface area contributed by atoms with Crippen LogP contribution in [0.2, 0.25) is 0 Å². The summed E-state index contributed by atoms with van der Waals surface area (Å²) in [5.41, 5.74) is 1.26. The van der Waals surface area contributed by atoms with Gasteiger partial charge < -0.3 is 19.5 Å². The Bertz CT molecular complexity index is 639. The molecule has 3 heterocycles. The van der Waals surface area contributed by atoms with E-state index in [2.05, 4.69) is 16.8 Å². The van der Waals surface area contributed by atoms with Gasteiger partial charge in [-0.2, -0.15) is 0 Å². The third-order valence-electron chi connectivity index (χ3n) is 6.95. The second-order valence-electron chi connectivity index (χ2n) is 8.97. The Kier molecular flexibility index (Phi) is 6.55. The summed E-state index contributed by atoms with van der Waals surface area (Å²) in [6.45, 7) is 6.67. The first-order valence-corrected chi connectivity index (χ1v) is 11.4. The highest BCUT2D eigenvalue weighted by Crippen LogP contribution is 2.29. The van der Waals surface area contributed by atoms with Gasteiger partial charge in [0, 0.05) is 56.7 Å². The first-order valence-electron chi connectivity index (χ1n) is 11.4. The van der Waals surface area contributed by atoms with Crippen LogP contribution in [0, 0.1) is 12.8 Å². The maximum Gasteiger partial charge on any atom is 0.317 e. The summed E-state index contributed by atoms with van der Waals surface area (Å²) in [5.74, 6) is 2.41. The van der Waals surface area contributed by atoms with Gasteiger partial charge in [-0.1, -0.05) is 19.3 Å². The van der Waals surface area contributed by atoms with Gasteiger partial charge in [0.15, 0.2) is 0 Å². The van der Waals surface area contributed by atoms with E-state index >= 15 is 0 Å². The summed E-state index contributed by atoms with van der Waals surface area (Å²) in [7, 11) is 0. The molecule has 1 aliphatic carbocycles. The Morgan fingerprint density at radius 3 is 2.54 bits per heavy atom. The van der Waals surface area contributed by atoms with E-state index in [0.29, 0.717) is 17.9 Å². The van der Waals surface area contributed by atoms with Crippen LogP contribution in [0.25, 0.3) is 0 Å².